The summed E-state index contributed by atoms with van der Waals surface area (Å²) in [7, 11) is 2.05. The molecule has 2 atom stereocenters. The number of rotatable bonds is 2. The van der Waals surface area contributed by atoms with Gasteiger partial charge in [0.2, 0.25) is 0 Å². The minimum absolute atomic E-state index is 0.364. The molecule has 1 heterocycles. The Morgan fingerprint density at radius 1 is 1.62 bits per heavy atom. The number of imidazole rings is 1. The Kier molecular flexibility index (Phi) is 1.74. The van der Waals surface area contributed by atoms with E-state index in [1.807, 2.05) is 19.6 Å². The molecule has 0 unspecified atom stereocenters. The van der Waals surface area contributed by atoms with E-state index in [9.17, 15) is 0 Å². The second-order valence-electron chi connectivity index (χ2n) is 4.57. The van der Waals surface area contributed by atoms with E-state index in [-0.39, 0.29) is 0 Å². The average molecular weight is 179 g/mol. The topological polar surface area (TPSA) is 43.8 Å². The van der Waals surface area contributed by atoms with Crippen LogP contribution in [0.25, 0.3) is 0 Å². The molecular formula is C10H17N3. The first-order valence-corrected chi connectivity index (χ1v) is 4.75. The molecule has 0 amide bonds. The molecule has 1 aromatic rings. The number of hydrogen-bond acceptors (Lipinski definition) is 2. The average Bonchev–Trinajstić information content (AvgIpc) is 2.41. The normalized spacial score (nSPS) is 30.5. The monoisotopic (exact) mass is 179 g/mol. The molecular weight excluding hydrogens is 162 g/mol. The summed E-state index contributed by atoms with van der Waals surface area (Å²) in [5.41, 5.74) is 7.41. The lowest BCUT2D eigenvalue weighted by atomic mass is 10.1. The third-order valence-corrected chi connectivity index (χ3v) is 3.48. The van der Waals surface area contributed by atoms with Crippen molar-refractivity contribution < 1.29 is 0 Å². The Hall–Kier alpha value is -0.830. The van der Waals surface area contributed by atoms with Crippen LogP contribution in [-0.2, 0) is 7.05 Å². The molecule has 0 aliphatic heterocycles. The maximum absolute atomic E-state index is 5.73. The van der Waals surface area contributed by atoms with Crippen LogP contribution in [0.2, 0.25) is 0 Å². The van der Waals surface area contributed by atoms with Crippen molar-refractivity contribution in [1.82, 2.24) is 9.55 Å². The highest BCUT2D eigenvalue weighted by Crippen LogP contribution is 2.63. The molecule has 1 aromatic heterocycles. The molecule has 1 aliphatic rings. The molecule has 1 fully saturated rings. The molecule has 2 N–H and O–H groups in total. The van der Waals surface area contributed by atoms with Crippen molar-refractivity contribution in [2.45, 2.75) is 19.8 Å². The first-order chi connectivity index (χ1) is 6.09. The Morgan fingerprint density at radius 2 is 2.31 bits per heavy atom. The van der Waals surface area contributed by atoms with Crippen LogP contribution in [0.15, 0.2) is 12.5 Å². The van der Waals surface area contributed by atoms with Crippen LogP contribution < -0.4 is 5.73 Å². The van der Waals surface area contributed by atoms with Gasteiger partial charge in [0.1, 0.15) is 0 Å². The van der Waals surface area contributed by atoms with Gasteiger partial charge in [-0.25, -0.2) is 4.98 Å². The predicted octanol–water partition coefficient (Wildman–Crippen LogP) is 1.12. The molecule has 1 saturated carbocycles. The maximum Gasteiger partial charge on any atom is 0.0945 e. The van der Waals surface area contributed by atoms with Crippen LogP contribution in [0, 0.1) is 11.3 Å². The van der Waals surface area contributed by atoms with Gasteiger partial charge < -0.3 is 10.3 Å². The fourth-order valence-electron chi connectivity index (χ4n) is 2.44. The van der Waals surface area contributed by atoms with Crippen LogP contribution in [0.5, 0.6) is 0 Å². The van der Waals surface area contributed by atoms with Crippen LogP contribution in [0.3, 0.4) is 0 Å². The van der Waals surface area contributed by atoms with Crippen LogP contribution in [-0.4, -0.2) is 16.1 Å². The van der Waals surface area contributed by atoms with Crippen LogP contribution in [0.4, 0.5) is 0 Å². The summed E-state index contributed by atoms with van der Waals surface area (Å²) in [6.45, 7) is 5.34. The zero-order chi connectivity index (χ0) is 9.64. The van der Waals surface area contributed by atoms with Gasteiger partial charge in [-0.15, -0.1) is 0 Å². The lowest BCUT2D eigenvalue weighted by molar-refractivity contribution is 0.555. The van der Waals surface area contributed by atoms with Crippen molar-refractivity contribution in [1.29, 1.82) is 0 Å². The fourth-order valence-corrected chi connectivity index (χ4v) is 2.44. The van der Waals surface area contributed by atoms with Gasteiger partial charge in [0, 0.05) is 24.9 Å². The van der Waals surface area contributed by atoms with E-state index in [1.165, 1.54) is 5.69 Å². The summed E-state index contributed by atoms with van der Waals surface area (Å²) in [6, 6.07) is 0. The van der Waals surface area contributed by atoms with Crippen molar-refractivity contribution in [3.05, 3.63) is 18.2 Å². The van der Waals surface area contributed by atoms with E-state index < -0.39 is 0 Å². The highest BCUT2D eigenvalue weighted by molar-refractivity contribution is 5.25. The summed E-state index contributed by atoms with van der Waals surface area (Å²) in [4.78, 5) is 4.14. The van der Waals surface area contributed by atoms with Crippen LogP contribution >= 0.6 is 0 Å². The molecule has 0 saturated heterocycles. The Morgan fingerprint density at radius 3 is 2.69 bits per heavy atom. The van der Waals surface area contributed by atoms with E-state index in [4.69, 9.17) is 5.73 Å². The number of aryl methyl sites for hydroxylation is 1. The summed E-state index contributed by atoms with van der Waals surface area (Å²) >= 11 is 0. The molecule has 0 spiro atoms. The van der Waals surface area contributed by atoms with E-state index in [0.717, 1.165) is 6.54 Å². The molecule has 3 heteroatoms. The van der Waals surface area contributed by atoms with Gasteiger partial charge in [0.05, 0.1) is 6.33 Å². The molecule has 0 aromatic carbocycles. The van der Waals surface area contributed by atoms with Gasteiger partial charge in [-0.2, -0.15) is 0 Å². The Bertz CT molecular complexity index is 314. The van der Waals surface area contributed by atoms with Crippen molar-refractivity contribution in [3.63, 3.8) is 0 Å². The summed E-state index contributed by atoms with van der Waals surface area (Å²) < 4.78 is 2.10. The minimum atomic E-state index is 0.364. The quantitative estimate of drug-likeness (QED) is 0.739. The SMILES string of the molecule is Cn1cncc1[C@@H]1[C@@H](CN)C1(C)C. The van der Waals surface area contributed by atoms with E-state index >= 15 is 0 Å². The second-order valence-corrected chi connectivity index (χ2v) is 4.57. The summed E-state index contributed by atoms with van der Waals surface area (Å²) in [6.07, 6.45) is 3.82. The summed E-state index contributed by atoms with van der Waals surface area (Å²) in [5.74, 6) is 1.23. The van der Waals surface area contributed by atoms with Gasteiger partial charge in [-0.3, -0.25) is 0 Å². The third-order valence-electron chi connectivity index (χ3n) is 3.48. The molecule has 2 rings (SSSR count). The van der Waals surface area contributed by atoms with Crippen molar-refractivity contribution in [3.8, 4) is 0 Å². The zero-order valence-electron chi connectivity index (χ0n) is 8.49. The predicted molar refractivity (Wildman–Crippen MR) is 52.3 cm³/mol. The van der Waals surface area contributed by atoms with Crippen molar-refractivity contribution in [2.24, 2.45) is 24.1 Å². The zero-order valence-corrected chi connectivity index (χ0v) is 8.49. The van der Waals surface area contributed by atoms with Crippen molar-refractivity contribution >= 4 is 0 Å². The minimum Gasteiger partial charge on any atom is -0.337 e. The molecule has 13 heavy (non-hydrogen) atoms. The maximum atomic E-state index is 5.73. The first kappa shape index (κ1) is 8.75. The standard InChI is InChI=1S/C10H17N3/c1-10(2)7(4-11)9(10)8-5-12-6-13(8)3/h5-7,9H,4,11H2,1-3H3/t7-,9+/m1/s1. The number of aromatic nitrogens is 2. The Labute approximate surface area is 79.0 Å². The van der Waals surface area contributed by atoms with Gasteiger partial charge >= 0.3 is 0 Å². The van der Waals surface area contributed by atoms with Gasteiger partial charge in [0.15, 0.2) is 0 Å². The molecule has 1 aliphatic carbocycles. The van der Waals surface area contributed by atoms with E-state index in [1.54, 1.807) is 0 Å². The highest BCUT2D eigenvalue weighted by atomic mass is 15.0. The largest absolute Gasteiger partial charge is 0.337 e. The number of nitrogens with zero attached hydrogens (tertiary/aromatic N) is 2. The number of nitrogens with two attached hydrogens (primary N) is 1. The summed E-state index contributed by atoms with van der Waals surface area (Å²) in [5, 5.41) is 0. The molecule has 0 bridgehead atoms. The lowest BCUT2D eigenvalue weighted by Gasteiger charge is -2.02. The Balaban J connectivity index is 2.26. The second kappa shape index (κ2) is 2.58. The smallest absolute Gasteiger partial charge is 0.0945 e. The molecule has 72 valence electrons. The van der Waals surface area contributed by atoms with Gasteiger partial charge in [-0.1, -0.05) is 13.8 Å². The van der Waals surface area contributed by atoms with Crippen LogP contribution in [0.1, 0.15) is 25.5 Å². The molecule has 0 radical (unpaired) electrons. The first-order valence-electron chi connectivity index (χ1n) is 4.75. The van der Waals surface area contributed by atoms with E-state index in [2.05, 4.69) is 23.4 Å². The lowest BCUT2D eigenvalue weighted by Crippen LogP contribution is -2.05. The molecule has 3 nitrogen and oxygen atoms in total. The van der Waals surface area contributed by atoms with E-state index in [0.29, 0.717) is 17.3 Å². The van der Waals surface area contributed by atoms with Gasteiger partial charge in [0.25, 0.3) is 0 Å². The highest BCUT2D eigenvalue weighted by Gasteiger charge is 2.58. The third kappa shape index (κ3) is 1.10. The number of hydrogen-bond donors (Lipinski definition) is 1. The fraction of sp³-hybridized carbons (Fsp3) is 0.700. The van der Waals surface area contributed by atoms with Gasteiger partial charge in [-0.05, 0) is 17.9 Å². The van der Waals surface area contributed by atoms with Crippen molar-refractivity contribution in [2.75, 3.05) is 6.54 Å².